The number of carbonyl (C=O) groups is 2. The second-order valence-corrected chi connectivity index (χ2v) is 8.63. The molecule has 1 atom stereocenters. The maximum absolute atomic E-state index is 12.5. The molecule has 3 aromatic rings. The summed E-state index contributed by atoms with van der Waals surface area (Å²) >= 11 is 0. The fraction of sp³-hybridized carbons (Fsp3) is 0.238. The summed E-state index contributed by atoms with van der Waals surface area (Å²) in [6, 6.07) is 15.7. The Kier molecular flexibility index (Phi) is 5.74. The topological polar surface area (TPSA) is 94.5 Å². The fourth-order valence-electron chi connectivity index (χ4n) is 3.13. The van der Waals surface area contributed by atoms with Crippen molar-refractivity contribution in [1.82, 2.24) is 4.57 Å². The molecule has 0 aliphatic carbocycles. The third-order valence-electron chi connectivity index (χ3n) is 4.46. The number of anilines is 1. The number of Topliss-reactive ketones (excluding diaryl/α,β-unsaturated/α-hetero) is 1. The zero-order chi connectivity index (χ0) is 21.2. The Balaban J connectivity index is 1.66. The molecular weight excluding hydrogens is 392 g/mol. The van der Waals surface area contributed by atoms with E-state index < -0.39 is 22.1 Å². The zero-order valence-electron chi connectivity index (χ0n) is 16.4. The van der Waals surface area contributed by atoms with Crippen LogP contribution in [0.5, 0.6) is 0 Å². The zero-order valence-corrected chi connectivity index (χ0v) is 17.2. The lowest BCUT2D eigenvalue weighted by Gasteiger charge is -2.14. The van der Waals surface area contributed by atoms with Gasteiger partial charge < -0.3 is 9.30 Å². The maximum Gasteiger partial charge on any atom is 0.326 e. The van der Waals surface area contributed by atoms with E-state index in [1.54, 1.807) is 0 Å². The summed E-state index contributed by atoms with van der Waals surface area (Å²) in [5.41, 5.74) is 2.53. The van der Waals surface area contributed by atoms with Crippen molar-refractivity contribution in [1.29, 1.82) is 0 Å². The van der Waals surface area contributed by atoms with Gasteiger partial charge in [0.25, 0.3) is 0 Å². The minimum atomic E-state index is -3.39. The lowest BCUT2D eigenvalue weighted by molar-refractivity contribution is -0.146. The van der Waals surface area contributed by atoms with Crippen molar-refractivity contribution in [2.45, 2.75) is 26.5 Å². The summed E-state index contributed by atoms with van der Waals surface area (Å²) in [7, 11) is -3.39. The molecule has 0 saturated carbocycles. The van der Waals surface area contributed by atoms with E-state index in [0.29, 0.717) is 11.3 Å². The third-order valence-corrected chi connectivity index (χ3v) is 5.06. The van der Waals surface area contributed by atoms with Crippen LogP contribution < -0.4 is 4.72 Å². The van der Waals surface area contributed by atoms with E-state index in [4.69, 9.17) is 4.74 Å². The lowest BCUT2D eigenvalue weighted by Crippen LogP contribution is -2.26. The number of fused-ring (bicyclic) bond motifs is 1. The fourth-order valence-corrected chi connectivity index (χ4v) is 3.69. The molecule has 0 radical (unpaired) electrons. The third kappa shape index (κ3) is 5.03. The lowest BCUT2D eigenvalue weighted by atomic mass is 10.1. The SMILES string of the molecule is Cc1cc2ccccc2n1CC(=O)O[C@@H](C)C(=O)c1ccc(NS(C)(=O)=O)cc1. The Bertz CT molecular complexity index is 1160. The van der Waals surface area contributed by atoms with Crippen LogP contribution in [0.2, 0.25) is 0 Å². The molecule has 1 aromatic heterocycles. The number of benzene rings is 2. The largest absolute Gasteiger partial charge is 0.453 e. The molecule has 3 rings (SSSR count). The van der Waals surface area contributed by atoms with Gasteiger partial charge in [-0.15, -0.1) is 0 Å². The number of hydrogen-bond acceptors (Lipinski definition) is 5. The standard InChI is InChI=1S/C21H22N2O5S/c1-14-12-17-6-4-5-7-19(17)23(14)13-20(24)28-15(2)21(25)16-8-10-18(11-9-16)22-29(3,26)27/h4-12,15,22H,13H2,1-3H3/t15-/m0/s1. The van der Waals surface area contributed by atoms with Crippen molar-refractivity contribution >= 4 is 38.4 Å². The first-order valence-corrected chi connectivity index (χ1v) is 10.9. The van der Waals surface area contributed by atoms with E-state index in [-0.39, 0.29) is 12.3 Å². The normalized spacial score (nSPS) is 12.5. The monoisotopic (exact) mass is 414 g/mol. The van der Waals surface area contributed by atoms with Gasteiger partial charge in [-0.3, -0.25) is 14.3 Å². The number of para-hydroxylation sites is 1. The number of nitrogens with zero attached hydrogens (tertiary/aromatic N) is 1. The Morgan fingerprint density at radius 1 is 1.10 bits per heavy atom. The number of carbonyl (C=O) groups excluding carboxylic acids is 2. The predicted octanol–water partition coefficient (Wildman–Crippen LogP) is 3.14. The first-order chi connectivity index (χ1) is 13.6. The Hall–Kier alpha value is -3.13. The van der Waals surface area contributed by atoms with Crippen LogP contribution in [-0.2, 0) is 26.1 Å². The average Bonchev–Trinajstić information content (AvgIpc) is 2.96. The number of aromatic nitrogens is 1. The first kappa shape index (κ1) is 20.6. The van der Waals surface area contributed by atoms with Crippen molar-refractivity contribution in [2.75, 3.05) is 11.0 Å². The molecule has 2 aromatic carbocycles. The van der Waals surface area contributed by atoms with E-state index in [1.807, 2.05) is 41.8 Å². The van der Waals surface area contributed by atoms with Crippen molar-refractivity contribution in [2.24, 2.45) is 0 Å². The van der Waals surface area contributed by atoms with Crippen LogP contribution in [0.3, 0.4) is 0 Å². The molecule has 8 heteroatoms. The molecular formula is C21H22N2O5S. The van der Waals surface area contributed by atoms with Gasteiger partial charge in [-0.2, -0.15) is 0 Å². The van der Waals surface area contributed by atoms with Gasteiger partial charge in [-0.1, -0.05) is 18.2 Å². The molecule has 152 valence electrons. The van der Waals surface area contributed by atoms with Gasteiger partial charge in [-0.25, -0.2) is 8.42 Å². The van der Waals surface area contributed by atoms with Crippen molar-refractivity contribution < 1.29 is 22.7 Å². The molecule has 0 fully saturated rings. The number of sulfonamides is 1. The highest BCUT2D eigenvalue weighted by molar-refractivity contribution is 7.92. The maximum atomic E-state index is 12.5. The molecule has 0 bridgehead atoms. The van der Waals surface area contributed by atoms with E-state index in [2.05, 4.69) is 4.72 Å². The second-order valence-electron chi connectivity index (χ2n) is 6.88. The number of ether oxygens (including phenoxy) is 1. The predicted molar refractivity (Wildman–Crippen MR) is 111 cm³/mol. The summed E-state index contributed by atoms with van der Waals surface area (Å²) in [5.74, 6) is -0.871. The summed E-state index contributed by atoms with van der Waals surface area (Å²) in [4.78, 5) is 24.9. The van der Waals surface area contributed by atoms with Crippen molar-refractivity contribution in [3.63, 3.8) is 0 Å². The number of hydrogen-bond donors (Lipinski definition) is 1. The van der Waals surface area contributed by atoms with E-state index in [9.17, 15) is 18.0 Å². The minimum Gasteiger partial charge on any atom is -0.453 e. The molecule has 0 aliphatic heterocycles. The van der Waals surface area contributed by atoms with Crippen LogP contribution in [0.1, 0.15) is 23.0 Å². The van der Waals surface area contributed by atoms with Gasteiger partial charge in [0, 0.05) is 22.5 Å². The molecule has 1 heterocycles. The number of ketones is 1. The van der Waals surface area contributed by atoms with Crippen LogP contribution in [0.25, 0.3) is 10.9 Å². The second kappa shape index (κ2) is 8.08. The number of rotatable bonds is 7. The Morgan fingerprint density at radius 2 is 1.76 bits per heavy atom. The van der Waals surface area contributed by atoms with E-state index >= 15 is 0 Å². The van der Waals surface area contributed by atoms with Gasteiger partial charge in [-0.05, 0) is 55.6 Å². The number of nitrogens with one attached hydrogen (secondary N) is 1. The Morgan fingerprint density at radius 3 is 2.41 bits per heavy atom. The average molecular weight is 414 g/mol. The van der Waals surface area contributed by atoms with Gasteiger partial charge >= 0.3 is 5.97 Å². The minimum absolute atomic E-state index is 0.00812. The molecule has 0 unspecified atom stereocenters. The molecule has 0 amide bonds. The molecule has 0 aliphatic rings. The summed E-state index contributed by atoms with van der Waals surface area (Å²) in [6.45, 7) is 3.44. The van der Waals surface area contributed by atoms with Crippen LogP contribution in [0.4, 0.5) is 5.69 Å². The van der Waals surface area contributed by atoms with Gasteiger partial charge in [0.1, 0.15) is 6.54 Å². The molecule has 1 N–H and O–H groups in total. The van der Waals surface area contributed by atoms with Crippen LogP contribution in [-0.4, -0.2) is 37.1 Å². The van der Waals surface area contributed by atoms with Gasteiger partial charge in [0.15, 0.2) is 6.10 Å². The highest BCUT2D eigenvalue weighted by atomic mass is 32.2. The summed E-state index contributed by atoms with van der Waals surface area (Å²) in [5, 5.41) is 1.03. The van der Waals surface area contributed by atoms with Gasteiger partial charge in [0.2, 0.25) is 15.8 Å². The molecule has 7 nitrogen and oxygen atoms in total. The molecule has 0 spiro atoms. The van der Waals surface area contributed by atoms with Crippen LogP contribution in [0, 0.1) is 6.92 Å². The quantitative estimate of drug-likeness (QED) is 0.473. The number of aryl methyl sites for hydroxylation is 1. The van der Waals surface area contributed by atoms with Crippen LogP contribution in [0.15, 0.2) is 54.6 Å². The van der Waals surface area contributed by atoms with Crippen LogP contribution >= 0.6 is 0 Å². The van der Waals surface area contributed by atoms with Crippen molar-refractivity contribution in [3.8, 4) is 0 Å². The van der Waals surface area contributed by atoms with E-state index in [0.717, 1.165) is 22.9 Å². The molecule has 29 heavy (non-hydrogen) atoms. The smallest absolute Gasteiger partial charge is 0.326 e. The first-order valence-electron chi connectivity index (χ1n) is 9.00. The van der Waals surface area contributed by atoms with E-state index in [1.165, 1.54) is 31.2 Å². The number of esters is 1. The van der Waals surface area contributed by atoms with Gasteiger partial charge in [0.05, 0.1) is 6.26 Å². The summed E-state index contributed by atoms with van der Waals surface area (Å²) < 4.78 is 32.0. The highest BCUT2D eigenvalue weighted by Gasteiger charge is 2.20. The highest BCUT2D eigenvalue weighted by Crippen LogP contribution is 2.19. The molecule has 0 saturated heterocycles. The summed E-state index contributed by atoms with van der Waals surface area (Å²) in [6.07, 6.45) is 0.0850. The van der Waals surface area contributed by atoms with Crippen molar-refractivity contribution in [3.05, 3.63) is 65.9 Å². The Labute approximate surface area is 169 Å².